The highest BCUT2D eigenvalue weighted by Gasteiger charge is 2.50. The molecule has 2 aromatic heterocycles. The van der Waals surface area contributed by atoms with Crippen molar-refractivity contribution in [3.63, 3.8) is 0 Å². The molecule has 8 atom stereocenters. The number of nitrogens with one attached hydrogen (secondary N) is 3. The van der Waals surface area contributed by atoms with E-state index in [1.807, 2.05) is 0 Å². The molecule has 5 aliphatic rings. The highest BCUT2D eigenvalue weighted by molar-refractivity contribution is 7.09. The van der Waals surface area contributed by atoms with Crippen molar-refractivity contribution in [2.24, 2.45) is 27.6 Å². The van der Waals surface area contributed by atoms with Crippen molar-refractivity contribution in [2.45, 2.75) is 142 Å². The van der Waals surface area contributed by atoms with Crippen LogP contribution >= 0.6 is 46.3 Å². The van der Waals surface area contributed by atoms with Crippen molar-refractivity contribution >= 4 is 51.4 Å². The minimum atomic E-state index is -0.413. The van der Waals surface area contributed by atoms with Crippen molar-refractivity contribution in [2.75, 3.05) is 84.5 Å². The zero-order valence-corrected chi connectivity index (χ0v) is 41.2. The van der Waals surface area contributed by atoms with E-state index in [2.05, 4.69) is 90.1 Å². The number of nitrogens with zero attached hydrogens (tertiary/aromatic N) is 4. The van der Waals surface area contributed by atoms with Gasteiger partial charge >= 0.3 is 0 Å². The van der Waals surface area contributed by atoms with Gasteiger partial charge in [0.15, 0.2) is 12.6 Å². The Kier molecular flexibility index (Phi) is 16.2. The first-order chi connectivity index (χ1) is 29.3. The van der Waals surface area contributed by atoms with E-state index in [1.54, 1.807) is 0 Å². The highest BCUT2D eigenvalue weighted by atomic mass is 35.5. The first kappa shape index (κ1) is 49.0. The van der Waals surface area contributed by atoms with Crippen LogP contribution in [0.5, 0.6) is 0 Å². The monoisotopic (exact) mass is 947 g/mol. The Morgan fingerprint density at radius 3 is 1.65 bits per heavy atom. The van der Waals surface area contributed by atoms with Gasteiger partial charge in [-0.2, -0.15) is 13.7 Å². The fourth-order valence-corrected chi connectivity index (χ4v) is 10.4. The molecule has 1 aliphatic carbocycles. The standard InChI is InChI=1S/C43H71Cl2N7O8S2/c1-38(2,18-53-20-40(5,6)22-55-24-42-13-11-28(33(59-42)57-26-42)15-32-49-35(44)51-61-32)16-46-29-9-10-30(29)47-17-39(3,4)19-54-21-41(7,8)23-56-25-43-14-12-31(34(60-43)58-27-43)48-37-50-36(45)52-62-37/h28-31,33-34,46-47H,9-27H2,1-8H3,(H,48,50,52)/t28-,29?,30?,31+,33+,34-,42-,43-/m0/s1. The highest BCUT2D eigenvalue weighted by Crippen LogP contribution is 2.42. The molecule has 0 aromatic carbocycles. The second-order valence-corrected chi connectivity index (χ2v) is 24.0. The molecule has 2 unspecified atom stereocenters. The number of hydrogen-bond donors (Lipinski definition) is 3. The predicted molar refractivity (Wildman–Crippen MR) is 241 cm³/mol. The van der Waals surface area contributed by atoms with Gasteiger partial charge in [-0.3, -0.25) is 0 Å². The number of fused-ring (bicyclic) bond motifs is 4. The molecular weight excluding hydrogens is 878 g/mol. The van der Waals surface area contributed by atoms with Crippen LogP contribution in [0.3, 0.4) is 0 Å². The molecule has 4 aliphatic heterocycles. The van der Waals surface area contributed by atoms with Gasteiger partial charge in [-0.05, 0) is 73.3 Å². The van der Waals surface area contributed by atoms with Gasteiger partial charge in [0.1, 0.15) is 16.2 Å². The molecule has 4 bridgehead atoms. The molecule has 0 spiro atoms. The lowest BCUT2D eigenvalue weighted by molar-refractivity contribution is -0.173. The maximum Gasteiger partial charge on any atom is 0.236 e. The molecule has 6 heterocycles. The van der Waals surface area contributed by atoms with E-state index in [4.69, 9.17) is 61.1 Å². The summed E-state index contributed by atoms with van der Waals surface area (Å²) in [6.45, 7) is 25.5. The number of halogens is 2. The smallest absolute Gasteiger partial charge is 0.236 e. The van der Waals surface area contributed by atoms with Gasteiger partial charge < -0.3 is 53.8 Å². The van der Waals surface area contributed by atoms with Crippen LogP contribution in [0.25, 0.3) is 0 Å². The fourth-order valence-electron chi connectivity index (χ4n) is 8.75. The number of anilines is 1. The largest absolute Gasteiger partial charge is 0.380 e. The summed E-state index contributed by atoms with van der Waals surface area (Å²) in [7, 11) is 0. The summed E-state index contributed by atoms with van der Waals surface area (Å²) in [4.78, 5) is 8.50. The zero-order chi connectivity index (χ0) is 44.2. The Bertz CT molecular complexity index is 1620. The molecule has 19 heteroatoms. The molecule has 1 saturated carbocycles. The molecule has 15 nitrogen and oxygen atoms in total. The quantitative estimate of drug-likeness (QED) is 0.0882. The third-order valence-corrected chi connectivity index (χ3v) is 14.5. The normalized spacial score (nSPS) is 30.2. The molecule has 2 aromatic rings. The maximum absolute atomic E-state index is 6.40. The lowest BCUT2D eigenvalue weighted by Gasteiger charge is -2.42. The first-order valence-electron chi connectivity index (χ1n) is 22.4. The first-order valence-corrected chi connectivity index (χ1v) is 24.7. The van der Waals surface area contributed by atoms with Crippen molar-refractivity contribution < 1.29 is 37.9 Å². The summed E-state index contributed by atoms with van der Waals surface area (Å²) < 4.78 is 58.2. The zero-order valence-electron chi connectivity index (χ0n) is 38.0. The number of rotatable bonds is 26. The summed E-state index contributed by atoms with van der Waals surface area (Å²) in [6, 6.07) is 0.915. The van der Waals surface area contributed by atoms with E-state index in [0.717, 1.165) is 50.2 Å². The molecule has 0 radical (unpaired) electrons. The van der Waals surface area contributed by atoms with Crippen LogP contribution < -0.4 is 16.0 Å². The lowest BCUT2D eigenvalue weighted by atomic mass is 9.83. The summed E-state index contributed by atoms with van der Waals surface area (Å²) in [5.41, 5.74) is -1.07. The van der Waals surface area contributed by atoms with Crippen molar-refractivity contribution in [3.8, 4) is 0 Å². The second-order valence-electron chi connectivity index (χ2n) is 21.8. The fraction of sp³-hybridized carbons (Fsp3) is 0.907. The minimum absolute atomic E-state index is 0.00482. The van der Waals surface area contributed by atoms with Crippen LogP contribution in [0.2, 0.25) is 10.6 Å². The topological polar surface area (TPSA) is 161 Å². The minimum Gasteiger partial charge on any atom is -0.380 e. The molecule has 3 N–H and O–H groups in total. The second kappa shape index (κ2) is 20.5. The molecular formula is C43H71Cl2N7O8S2. The summed E-state index contributed by atoms with van der Waals surface area (Å²) in [6.07, 6.45) is 6.19. The molecule has 5 fully saturated rings. The average molecular weight is 949 g/mol. The van der Waals surface area contributed by atoms with Crippen LogP contribution in [0, 0.1) is 27.6 Å². The van der Waals surface area contributed by atoms with Gasteiger partial charge in [-0.1, -0.05) is 55.4 Å². The van der Waals surface area contributed by atoms with Crippen LogP contribution in [0.4, 0.5) is 5.13 Å². The van der Waals surface area contributed by atoms with E-state index >= 15 is 0 Å². The van der Waals surface area contributed by atoms with Gasteiger partial charge in [-0.25, -0.2) is 4.98 Å². The third-order valence-electron chi connectivity index (χ3n) is 12.6. The Balaban J connectivity index is 0.718. The van der Waals surface area contributed by atoms with Gasteiger partial charge in [0.2, 0.25) is 15.7 Å². The third kappa shape index (κ3) is 13.8. The van der Waals surface area contributed by atoms with Crippen molar-refractivity contribution in [1.82, 2.24) is 29.3 Å². The van der Waals surface area contributed by atoms with E-state index in [9.17, 15) is 0 Å². The molecule has 62 heavy (non-hydrogen) atoms. The molecule has 352 valence electrons. The molecule has 7 rings (SSSR count). The van der Waals surface area contributed by atoms with Gasteiger partial charge in [0.25, 0.3) is 0 Å². The van der Waals surface area contributed by atoms with Crippen LogP contribution in [-0.4, -0.2) is 140 Å². The van der Waals surface area contributed by atoms with E-state index in [0.29, 0.717) is 88.6 Å². The Morgan fingerprint density at radius 2 is 1.11 bits per heavy atom. The SMILES string of the molecule is CC(C)(CNC1CCC1NCC(C)(C)COCC(C)(C)COC[C@@]12CC[C@@H](Nc3nc(Cl)ns3)[C@@H](OC1)O2)COCC(C)(C)COC[C@@]12CC[C@@H](Cc3nc(Cl)ns3)[C@H](OC1)O2. The van der Waals surface area contributed by atoms with Gasteiger partial charge in [0.05, 0.1) is 72.1 Å². The van der Waals surface area contributed by atoms with Crippen molar-refractivity contribution in [1.29, 1.82) is 0 Å². The van der Waals surface area contributed by atoms with Crippen LogP contribution in [0.1, 0.15) is 98.9 Å². The number of hydrogen-bond acceptors (Lipinski definition) is 17. The van der Waals surface area contributed by atoms with E-state index in [1.165, 1.54) is 35.9 Å². The number of ether oxygens (including phenoxy) is 8. The van der Waals surface area contributed by atoms with E-state index in [-0.39, 0.29) is 57.1 Å². The van der Waals surface area contributed by atoms with Crippen LogP contribution in [-0.2, 0) is 44.3 Å². The molecule has 0 amide bonds. The summed E-state index contributed by atoms with van der Waals surface area (Å²) in [5, 5.41) is 13.2. The Morgan fingerprint density at radius 1 is 0.613 bits per heavy atom. The lowest BCUT2D eigenvalue weighted by Crippen LogP contribution is -2.58. The Hall–Kier alpha value is -0.900. The Labute approximate surface area is 386 Å². The number of aromatic nitrogens is 4. The van der Waals surface area contributed by atoms with Crippen molar-refractivity contribution in [3.05, 3.63) is 15.6 Å². The summed E-state index contributed by atoms with van der Waals surface area (Å²) in [5.74, 6) is 0.256. The van der Waals surface area contributed by atoms with Gasteiger partial charge in [-0.15, -0.1) is 0 Å². The predicted octanol–water partition coefficient (Wildman–Crippen LogP) is 7.03. The maximum atomic E-state index is 6.40. The summed E-state index contributed by atoms with van der Waals surface area (Å²) >= 11 is 14.4. The average Bonchev–Trinajstić information content (AvgIpc) is 3.96. The van der Waals surface area contributed by atoms with Gasteiger partial charge in [0, 0.05) is 70.7 Å². The molecule has 4 saturated heterocycles. The van der Waals surface area contributed by atoms with E-state index < -0.39 is 5.60 Å². The van der Waals surface area contributed by atoms with Crippen LogP contribution in [0.15, 0.2) is 0 Å².